The number of hydrogen-bond acceptors (Lipinski definition) is 6. The molecule has 1 aromatic carbocycles. The molecule has 4 rings (SSSR count). The van der Waals surface area contributed by atoms with Crippen LogP contribution in [0.5, 0.6) is 0 Å². The molecule has 0 fully saturated rings. The summed E-state index contributed by atoms with van der Waals surface area (Å²) >= 11 is 0. The molecule has 0 saturated heterocycles. The maximum absolute atomic E-state index is 13.6. The van der Waals surface area contributed by atoms with E-state index in [0.29, 0.717) is 11.4 Å². The molecule has 0 aliphatic carbocycles. The fourth-order valence-corrected chi connectivity index (χ4v) is 3.17. The van der Waals surface area contributed by atoms with E-state index in [2.05, 4.69) is 30.6 Å². The first-order valence-corrected chi connectivity index (χ1v) is 9.84. The van der Waals surface area contributed by atoms with Crippen molar-refractivity contribution in [2.24, 2.45) is 0 Å². The predicted molar refractivity (Wildman–Crippen MR) is 114 cm³/mol. The Morgan fingerprint density at radius 1 is 0.857 bits per heavy atom. The maximum Gasteiger partial charge on any atom is 0.418 e. The van der Waals surface area contributed by atoms with Crippen LogP contribution in [0.4, 0.5) is 37.7 Å². The molecule has 180 valence electrons. The summed E-state index contributed by atoms with van der Waals surface area (Å²) in [7, 11) is 1.31. The Morgan fingerprint density at radius 2 is 1.57 bits per heavy atom. The Balaban J connectivity index is 1.75. The van der Waals surface area contributed by atoms with E-state index in [4.69, 9.17) is 0 Å². The fraction of sp³-hybridized carbons (Fsp3) is 0.136. The first-order valence-electron chi connectivity index (χ1n) is 9.84. The number of alkyl halides is 6. The zero-order valence-electron chi connectivity index (χ0n) is 17.7. The van der Waals surface area contributed by atoms with Gasteiger partial charge in [-0.3, -0.25) is 4.79 Å². The van der Waals surface area contributed by atoms with Gasteiger partial charge >= 0.3 is 12.4 Å². The number of hydrogen-bond donors (Lipinski definition) is 2. The SMILES string of the molecule is CNC(=O)c1ccc(C(F)(F)F)c(-c2cnc3c(Nc4ccc(C(F)(F)F)cc4)ccnc3n2)n1. The minimum absolute atomic E-state index is 0.0420. The number of nitrogens with one attached hydrogen (secondary N) is 2. The largest absolute Gasteiger partial charge is 0.418 e. The van der Waals surface area contributed by atoms with Crippen molar-refractivity contribution < 1.29 is 31.1 Å². The lowest BCUT2D eigenvalue weighted by molar-refractivity contribution is -0.138. The standard InChI is InChI=1S/C22H14F6N6O/c1-29-20(35)15-7-6-13(22(26,27)28)17(33-15)16-10-31-18-14(8-9-30-19(18)34-16)32-12-4-2-11(3-5-12)21(23,24)25/h2-10H,1H3,(H,29,35)(H,30,32,34). The first-order chi connectivity index (χ1) is 16.5. The molecule has 0 spiro atoms. The third-order valence-electron chi connectivity index (χ3n) is 4.84. The second-order valence-corrected chi connectivity index (χ2v) is 7.16. The number of amides is 1. The van der Waals surface area contributed by atoms with Crippen molar-refractivity contribution in [3.8, 4) is 11.4 Å². The van der Waals surface area contributed by atoms with Crippen molar-refractivity contribution in [3.63, 3.8) is 0 Å². The van der Waals surface area contributed by atoms with Gasteiger partial charge in [-0.25, -0.2) is 19.9 Å². The van der Waals surface area contributed by atoms with Crippen LogP contribution >= 0.6 is 0 Å². The normalized spacial score (nSPS) is 12.0. The Bertz CT molecular complexity index is 1400. The summed E-state index contributed by atoms with van der Waals surface area (Å²) < 4.78 is 79.1. The van der Waals surface area contributed by atoms with Crippen LogP contribution in [0.1, 0.15) is 21.6 Å². The third-order valence-corrected chi connectivity index (χ3v) is 4.84. The highest BCUT2D eigenvalue weighted by Gasteiger charge is 2.36. The van der Waals surface area contributed by atoms with Gasteiger partial charge in [-0.2, -0.15) is 26.3 Å². The van der Waals surface area contributed by atoms with E-state index in [-0.39, 0.29) is 22.6 Å². The summed E-state index contributed by atoms with van der Waals surface area (Å²) in [6, 6.07) is 7.42. The van der Waals surface area contributed by atoms with Gasteiger partial charge in [0.15, 0.2) is 5.65 Å². The molecule has 13 heteroatoms. The molecular formula is C22H14F6N6O. The van der Waals surface area contributed by atoms with Gasteiger partial charge in [0.2, 0.25) is 0 Å². The van der Waals surface area contributed by atoms with Gasteiger partial charge in [0.05, 0.1) is 23.0 Å². The van der Waals surface area contributed by atoms with E-state index in [1.165, 1.54) is 31.4 Å². The van der Waals surface area contributed by atoms with E-state index in [1.54, 1.807) is 0 Å². The Morgan fingerprint density at radius 3 is 2.20 bits per heavy atom. The van der Waals surface area contributed by atoms with Crippen LogP contribution in [-0.4, -0.2) is 32.9 Å². The number of fused-ring (bicyclic) bond motifs is 1. The molecule has 7 nitrogen and oxygen atoms in total. The van der Waals surface area contributed by atoms with Crippen molar-refractivity contribution >= 4 is 28.4 Å². The molecule has 0 atom stereocenters. The molecule has 1 amide bonds. The number of aromatic nitrogens is 4. The van der Waals surface area contributed by atoms with Gasteiger partial charge in [-0.05, 0) is 42.5 Å². The summed E-state index contributed by atoms with van der Waals surface area (Å²) in [6.45, 7) is 0. The van der Waals surface area contributed by atoms with Gasteiger partial charge in [0.25, 0.3) is 5.91 Å². The smallest absolute Gasteiger partial charge is 0.354 e. The topological polar surface area (TPSA) is 92.7 Å². The summed E-state index contributed by atoms with van der Waals surface area (Å²) in [5.74, 6) is -0.685. The van der Waals surface area contributed by atoms with Crippen LogP contribution in [-0.2, 0) is 12.4 Å². The van der Waals surface area contributed by atoms with Crippen molar-refractivity contribution in [2.45, 2.75) is 12.4 Å². The lowest BCUT2D eigenvalue weighted by Crippen LogP contribution is -2.20. The number of halogens is 6. The number of anilines is 2. The highest BCUT2D eigenvalue weighted by molar-refractivity contribution is 5.93. The first kappa shape index (κ1) is 23.9. The molecule has 4 aromatic rings. The monoisotopic (exact) mass is 492 g/mol. The predicted octanol–water partition coefficient (Wildman–Crippen LogP) is 5.23. The van der Waals surface area contributed by atoms with E-state index in [9.17, 15) is 31.1 Å². The van der Waals surface area contributed by atoms with Crippen molar-refractivity contribution in [1.29, 1.82) is 0 Å². The molecule has 3 heterocycles. The minimum atomic E-state index is -4.78. The quantitative estimate of drug-likeness (QED) is 0.379. The Hall–Kier alpha value is -4.29. The number of carbonyl (C=O) groups is 1. The van der Waals surface area contributed by atoms with E-state index in [1.807, 2.05) is 0 Å². The van der Waals surface area contributed by atoms with Crippen LogP contribution in [0.25, 0.3) is 22.6 Å². The van der Waals surface area contributed by atoms with E-state index < -0.39 is 35.1 Å². The second kappa shape index (κ2) is 8.81. The Labute approximate surface area is 193 Å². The average molecular weight is 492 g/mol. The maximum atomic E-state index is 13.6. The minimum Gasteiger partial charge on any atom is -0.354 e. The molecule has 0 aliphatic rings. The summed E-state index contributed by atoms with van der Waals surface area (Å²) in [4.78, 5) is 28.0. The van der Waals surface area contributed by atoms with Gasteiger partial charge in [0, 0.05) is 18.9 Å². The molecular weight excluding hydrogens is 478 g/mol. The van der Waals surface area contributed by atoms with Crippen LogP contribution in [0.15, 0.2) is 54.9 Å². The van der Waals surface area contributed by atoms with Gasteiger partial charge in [-0.15, -0.1) is 0 Å². The van der Waals surface area contributed by atoms with Crippen molar-refractivity contribution in [1.82, 2.24) is 25.3 Å². The molecule has 0 saturated carbocycles. The second-order valence-electron chi connectivity index (χ2n) is 7.16. The van der Waals surface area contributed by atoms with Crippen LogP contribution < -0.4 is 10.6 Å². The van der Waals surface area contributed by atoms with E-state index >= 15 is 0 Å². The zero-order chi connectivity index (χ0) is 25.4. The molecule has 3 aromatic heterocycles. The molecule has 35 heavy (non-hydrogen) atoms. The van der Waals surface area contributed by atoms with E-state index in [0.717, 1.165) is 30.5 Å². The van der Waals surface area contributed by atoms with Crippen LogP contribution in [0.2, 0.25) is 0 Å². The van der Waals surface area contributed by atoms with Gasteiger partial charge in [0.1, 0.15) is 22.6 Å². The lowest BCUT2D eigenvalue weighted by atomic mass is 10.1. The van der Waals surface area contributed by atoms with Gasteiger partial charge in [-0.1, -0.05) is 0 Å². The number of pyridine rings is 2. The molecule has 2 N–H and O–H groups in total. The third kappa shape index (κ3) is 4.98. The van der Waals surface area contributed by atoms with Crippen molar-refractivity contribution in [3.05, 3.63) is 71.7 Å². The summed E-state index contributed by atoms with van der Waals surface area (Å²) in [5.41, 5.74) is -2.30. The fourth-order valence-electron chi connectivity index (χ4n) is 3.17. The highest BCUT2D eigenvalue weighted by atomic mass is 19.4. The zero-order valence-corrected chi connectivity index (χ0v) is 17.7. The summed E-state index contributed by atoms with van der Waals surface area (Å²) in [6.07, 6.45) is -6.90. The summed E-state index contributed by atoms with van der Waals surface area (Å²) in [5, 5.41) is 5.18. The number of nitrogens with zero attached hydrogens (tertiary/aromatic N) is 4. The number of rotatable bonds is 4. The van der Waals surface area contributed by atoms with Crippen molar-refractivity contribution in [2.75, 3.05) is 12.4 Å². The molecule has 0 bridgehead atoms. The van der Waals surface area contributed by atoms with Gasteiger partial charge < -0.3 is 10.6 Å². The average Bonchev–Trinajstić information content (AvgIpc) is 2.82. The van der Waals surface area contributed by atoms with Crippen LogP contribution in [0.3, 0.4) is 0 Å². The lowest BCUT2D eigenvalue weighted by Gasteiger charge is -2.14. The molecule has 0 radical (unpaired) electrons. The number of benzene rings is 1. The Kier molecular flexibility index (Phi) is 6.01. The molecule has 0 aliphatic heterocycles. The number of carbonyl (C=O) groups excluding carboxylic acids is 1. The molecule has 0 unspecified atom stereocenters. The van der Waals surface area contributed by atoms with Crippen LogP contribution in [0, 0.1) is 0 Å². The highest BCUT2D eigenvalue weighted by Crippen LogP contribution is 2.36.